The van der Waals surface area contributed by atoms with Crippen molar-refractivity contribution in [2.24, 2.45) is 0 Å². The summed E-state index contributed by atoms with van der Waals surface area (Å²) < 4.78 is 5.62. The summed E-state index contributed by atoms with van der Waals surface area (Å²) in [5, 5.41) is 10.8. The lowest BCUT2D eigenvalue weighted by Gasteiger charge is -2.32. The molecule has 0 saturated carbocycles. The summed E-state index contributed by atoms with van der Waals surface area (Å²) in [4.78, 5) is 26.6. The van der Waals surface area contributed by atoms with Gasteiger partial charge in [-0.3, -0.25) is 9.69 Å². The van der Waals surface area contributed by atoms with Gasteiger partial charge in [-0.2, -0.15) is 0 Å². The molecule has 1 fully saturated rings. The number of hydrogen-bond acceptors (Lipinski definition) is 4. The van der Waals surface area contributed by atoms with Crippen molar-refractivity contribution in [2.45, 2.75) is 103 Å². The van der Waals surface area contributed by atoms with E-state index in [1.165, 1.54) is 6.42 Å². The minimum absolute atomic E-state index is 0.0516. The van der Waals surface area contributed by atoms with Crippen LogP contribution < -0.4 is 0 Å². The first-order valence-electron chi connectivity index (χ1n) is 11.9. The Labute approximate surface area is 187 Å². The van der Waals surface area contributed by atoms with E-state index in [-0.39, 0.29) is 30.6 Å². The Morgan fingerprint density at radius 3 is 2.61 bits per heavy atom. The average Bonchev–Trinajstić information content (AvgIpc) is 3.20. The number of amides is 1. The van der Waals surface area contributed by atoms with Gasteiger partial charge in [-0.05, 0) is 43.7 Å². The molecule has 172 valence electrons. The van der Waals surface area contributed by atoms with Crippen molar-refractivity contribution >= 4 is 11.9 Å². The van der Waals surface area contributed by atoms with Crippen LogP contribution in [0.4, 0.5) is 4.79 Å². The standard InChI is InChI=1S/C26H39NO4/c1-3-5-6-10-17-25(29)24-19-18-22(15-11-16-23(28)12-4-2)27(24)26(30)31-20-21-13-8-7-9-14-21/h7-9,11,13-14,16,22,24-25,29H,3-6,10,12,15,17-20H2,1-2H3/b16-11+/t22-,24-,25+/m0/s1. The van der Waals surface area contributed by atoms with E-state index < -0.39 is 6.10 Å². The largest absolute Gasteiger partial charge is 0.445 e. The third kappa shape index (κ3) is 8.48. The molecule has 0 bridgehead atoms. The summed E-state index contributed by atoms with van der Waals surface area (Å²) in [7, 11) is 0. The molecule has 0 aliphatic carbocycles. The van der Waals surface area contributed by atoms with Gasteiger partial charge in [0.25, 0.3) is 0 Å². The molecule has 5 heteroatoms. The molecular formula is C26H39NO4. The number of nitrogens with zero attached hydrogens (tertiary/aromatic N) is 1. The highest BCUT2D eigenvalue weighted by molar-refractivity contribution is 5.89. The molecule has 0 unspecified atom stereocenters. The second-order valence-corrected chi connectivity index (χ2v) is 8.52. The first-order valence-corrected chi connectivity index (χ1v) is 11.9. The number of benzene rings is 1. The van der Waals surface area contributed by atoms with Gasteiger partial charge in [-0.15, -0.1) is 0 Å². The molecule has 3 atom stereocenters. The van der Waals surface area contributed by atoms with E-state index in [0.717, 1.165) is 44.1 Å². The highest BCUT2D eigenvalue weighted by atomic mass is 16.6. The Morgan fingerprint density at radius 1 is 1.13 bits per heavy atom. The molecule has 1 aliphatic rings. The molecule has 1 N–H and O–H groups in total. The summed E-state index contributed by atoms with van der Waals surface area (Å²) in [5.74, 6) is 0.117. The SMILES string of the molecule is CCCCCC[C@@H](O)[C@@H]1CC[C@H](C/C=C/C(=O)CCC)N1C(=O)OCc1ccccc1. The maximum atomic E-state index is 13.0. The second-order valence-electron chi connectivity index (χ2n) is 8.52. The van der Waals surface area contributed by atoms with Gasteiger partial charge in [0.15, 0.2) is 5.78 Å². The van der Waals surface area contributed by atoms with Gasteiger partial charge >= 0.3 is 6.09 Å². The Balaban J connectivity index is 2.01. The number of allylic oxidation sites excluding steroid dienone is 1. The minimum Gasteiger partial charge on any atom is -0.445 e. The van der Waals surface area contributed by atoms with E-state index in [9.17, 15) is 14.7 Å². The monoisotopic (exact) mass is 429 g/mol. The summed E-state index contributed by atoms with van der Waals surface area (Å²) in [6.45, 7) is 4.37. The van der Waals surface area contributed by atoms with Crippen LogP contribution in [0.25, 0.3) is 0 Å². The number of likely N-dealkylation sites (tertiary alicyclic amines) is 1. The van der Waals surface area contributed by atoms with E-state index in [0.29, 0.717) is 19.3 Å². The van der Waals surface area contributed by atoms with E-state index in [1.807, 2.05) is 43.3 Å². The smallest absolute Gasteiger partial charge is 0.410 e. The second kappa shape index (κ2) is 14.0. The molecular weight excluding hydrogens is 390 g/mol. The van der Waals surface area contributed by atoms with Crippen molar-refractivity contribution in [3.63, 3.8) is 0 Å². The predicted molar refractivity (Wildman–Crippen MR) is 124 cm³/mol. The van der Waals surface area contributed by atoms with Crippen LogP contribution >= 0.6 is 0 Å². The van der Waals surface area contributed by atoms with Crippen LogP contribution in [0.15, 0.2) is 42.5 Å². The zero-order chi connectivity index (χ0) is 22.5. The highest BCUT2D eigenvalue weighted by Gasteiger charge is 2.40. The van der Waals surface area contributed by atoms with E-state index in [2.05, 4.69) is 6.92 Å². The summed E-state index contributed by atoms with van der Waals surface area (Å²) >= 11 is 0. The molecule has 1 saturated heterocycles. The van der Waals surface area contributed by atoms with Crippen LogP contribution in [0.5, 0.6) is 0 Å². The Hall–Kier alpha value is -2.14. The lowest BCUT2D eigenvalue weighted by atomic mass is 10.0. The number of ether oxygens (including phenoxy) is 1. The fraction of sp³-hybridized carbons (Fsp3) is 0.615. The van der Waals surface area contributed by atoms with Gasteiger partial charge in [-0.1, -0.05) is 75.9 Å². The molecule has 31 heavy (non-hydrogen) atoms. The van der Waals surface area contributed by atoms with Gasteiger partial charge < -0.3 is 9.84 Å². The zero-order valence-electron chi connectivity index (χ0n) is 19.2. The number of unbranched alkanes of at least 4 members (excludes halogenated alkanes) is 3. The highest BCUT2D eigenvalue weighted by Crippen LogP contribution is 2.31. The number of aliphatic hydroxyl groups excluding tert-OH is 1. The third-order valence-corrected chi connectivity index (χ3v) is 5.97. The molecule has 5 nitrogen and oxygen atoms in total. The Morgan fingerprint density at radius 2 is 1.90 bits per heavy atom. The molecule has 1 aromatic carbocycles. The molecule has 0 aromatic heterocycles. The predicted octanol–water partition coefficient (Wildman–Crippen LogP) is 5.80. The van der Waals surface area contributed by atoms with Crippen LogP contribution in [0.1, 0.15) is 83.6 Å². The third-order valence-electron chi connectivity index (χ3n) is 5.97. The van der Waals surface area contributed by atoms with Crippen molar-refractivity contribution < 1.29 is 19.4 Å². The van der Waals surface area contributed by atoms with Gasteiger partial charge in [0.2, 0.25) is 0 Å². The van der Waals surface area contributed by atoms with Crippen LogP contribution in [0.2, 0.25) is 0 Å². The normalized spacial score (nSPS) is 19.6. The molecule has 1 heterocycles. The topological polar surface area (TPSA) is 66.8 Å². The summed E-state index contributed by atoms with van der Waals surface area (Å²) in [5.41, 5.74) is 0.938. The van der Waals surface area contributed by atoms with Crippen molar-refractivity contribution in [3.8, 4) is 0 Å². The molecule has 1 aliphatic heterocycles. The van der Waals surface area contributed by atoms with E-state index >= 15 is 0 Å². The molecule has 0 spiro atoms. The lowest BCUT2D eigenvalue weighted by molar-refractivity contribution is -0.114. The first kappa shape index (κ1) is 25.1. The average molecular weight is 430 g/mol. The van der Waals surface area contributed by atoms with Gasteiger partial charge in [0, 0.05) is 12.5 Å². The van der Waals surface area contributed by atoms with Gasteiger partial charge in [0.05, 0.1) is 12.1 Å². The maximum Gasteiger partial charge on any atom is 0.410 e. The number of rotatable bonds is 13. The van der Waals surface area contributed by atoms with Crippen molar-refractivity contribution in [2.75, 3.05) is 0 Å². The van der Waals surface area contributed by atoms with Crippen molar-refractivity contribution in [1.82, 2.24) is 4.90 Å². The first-order chi connectivity index (χ1) is 15.1. The summed E-state index contributed by atoms with van der Waals surface area (Å²) in [6, 6.07) is 9.34. The van der Waals surface area contributed by atoms with Crippen molar-refractivity contribution in [1.29, 1.82) is 0 Å². The maximum absolute atomic E-state index is 13.0. The quantitative estimate of drug-likeness (QED) is 0.318. The molecule has 1 amide bonds. The van der Waals surface area contributed by atoms with Crippen LogP contribution in [0.3, 0.4) is 0 Å². The number of carbonyl (C=O) groups excluding carboxylic acids is 2. The summed E-state index contributed by atoms with van der Waals surface area (Å²) in [6.07, 6.45) is 11.2. The fourth-order valence-corrected chi connectivity index (χ4v) is 4.26. The van der Waals surface area contributed by atoms with Gasteiger partial charge in [-0.25, -0.2) is 4.79 Å². The number of hydrogen-bond donors (Lipinski definition) is 1. The number of carbonyl (C=O) groups is 2. The van der Waals surface area contributed by atoms with Crippen LogP contribution in [-0.4, -0.2) is 40.1 Å². The van der Waals surface area contributed by atoms with Crippen LogP contribution in [-0.2, 0) is 16.1 Å². The Kier molecular flexibility index (Phi) is 11.4. The van der Waals surface area contributed by atoms with Gasteiger partial charge in [0.1, 0.15) is 6.61 Å². The lowest BCUT2D eigenvalue weighted by Crippen LogP contribution is -2.46. The van der Waals surface area contributed by atoms with E-state index in [1.54, 1.807) is 11.0 Å². The zero-order valence-corrected chi connectivity index (χ0v) is 19.2. The molecule has 1 aromatic rings. The Bertz CT molecular complexity index is 688. The van der Waals surface area contributed by atoms with E-state index in [4.69, 9.17) is 4.74 Å². The number of ketones is 1. The van der Waals surface area contributed by atoms with Crippen molar-refractivity contribution in [3.05, 3.63) is 48.0 Å². The molecule has 2 rings (SSSR count). The number of aliphatic hydroxyl groups is 1. The minimum atomic E-state index is -0.545. The molecule has 0 radical (unpaired) electrons. The van der Waals surface area contributed by atoms with Crippen LogP contribution in [0, 0.1) is 0 Å². The fourth-order valence-electron chi connectivity index (χ4n) is 4.26.